The number of fused-ring (bicyclic) bond motifs is 1. The Morgan fingerprint density at radius 2 is 2.29 bits per heavy atom. The van der Waals surface area contributed by atoms with E-state index < -0.39 is 0 Å². The van der Waals surface area contributed by atoms with E-state index in [1.165, 1.54) is 0 Å². The van der Waals surface area contributed by atoms with Crippen molar-refractivity contribution in [1.82, 2.24) is 14.7 Å². The number of carbonyl (C=O) groups excluding carboxylic acids is 1. The molecule has 0 fully saturated rings. The maximum atomic E-state index is 11.5. The lowest BCUT2D eigenvalue weighted by molar-refractivity contribution is 0.0957. The highest BCUT2D eigenvalue weighted by atomic mass is 16.1. The molecule has 0 aliphatic carbocycles. The molecule has 1 amide bonds. The van der Waals surface area contributed by atoms with Gasteiger partial charge in [-0.1, -0.05) is 0 Å². The molecule has 0 radical (unpaired) electrons. The molecular formula is C10H11N3O. The predicted molar refractivity (Wildman–Crippen MR) is 53.3 cm³/mol. The van der Waals surface area contributed by atoms with Crippen molar-refractivity contribution in [1.29, 1.82) is 0 Å². The second kappa shape index (κ2) is 3.14. The normalized spacial score (nSPS) is 10.4. The van der Waals surface area contributed by atoms with E-state index in [-0.39, 0.29) is 5.91 Å². The number of nitrogens with one attached hydrogen (secondary N) is 1. The zero-order valence-corrected chi connectivity index (χ0v) is 8.11. The van der Waals surface area contributed by atoms with Crippen LogP contribution in [0, 0.1) is 6.92 Å². The van der Waals surface area contributed by atoms with Gasteiger partial charge in [0.05, 0.1) is 0 Å². The average Bonchev–Trinajstić information content (AvgIpc) is 2.62. The summed E-state index contributed by atoms with van der Waals surface area (Å²) in [5.74, 6) is -0.100. The molecular weight excluding hydrogens is 178 g/mol. The van der Waals surface area contributed by atoms with E-state index in [4.69, 9.17) is 0 Å². The van der Waals surface area contributed by atoms with Gasteiger partial charge in [0.25, 0.3) is 5.91 Å². The topological polar surface area (TPSA) is 46.4 Å². The van der Waals surface area contributed by atoms with Gasteiger partial charge in [0, 0.05) is 19.4 Å². The molecule has 72 valence electrons. The van der Waals surface area contributed by atoms with Crippen LogP contribution >= 0.6 is 0 Å². The Morgan fingerprint density at radius 3 is 3.00 bits per heavy atom. The summed E-state index contributed by atoms with van der Waals surface area (Å²) in [6.45, 7) is 1.95. The lowest BCUT2D eigenvalue weighted by Gasteiger charge is -2.04. The fraction of sp³-hybridized carbons (Fsp3) is 0.200. The molecule has 0 bridgehead atoms. The number of pyridine rings is 1. The SMILES string of the molecule is CNC(=O)c1cc(C)cc2nccn12. The monoisotopic (exact) mass is 189 g/mol. The van der Waals surface area contributed by atoms with Gasteiger partial charge in [0.15, 0.2) is 0 Å². The summed E-state index contributed by atoms with van der Waals surface area (Å²) >= 11 is 0. The molecule has 2 aromatic heterocycles. The van der Waals surface area contributed by atoms with Gasteiger partial charge in [0.1, 0.15) is 11.3 Å². The molecule has 0 aliphatic rings. The Bertz CT molecular complexity index is 487. The largest absolute Gasteiger partial charge is 0.354 e. The van der Waals surface area contributed by atoms with Crippen LogP contribution in [0.2, 0.25) is 0 Å². The Hall–Kier alpha value is -1.84. The zero-order chi connectivity index (χ0) is 10.1. The summed E-state index contributed by atoms with van der Waals surface area (Å²) in [5.41, 5.74) is 2.44. The second-order valence-electron chi connectivity index (χ2n) is 3.15. The smallest absolute Gasteiger partial charge is 0.268 e. The molecule has 2 rings (SSSR count). The Labute approximate surface area is 81.6 Å². The van der Waals surface area contributed by atoms with Gasteiger partial charge in [0.2, 0.25) is 0 Å². The number of aryl methyl sites for hydroxylation is 1. The van der Waals surface area contributed by atoms with Crippen molar-refractivity contribution < 1.29 is 4.79 Å². The predicted octanol–water partition coefficient (Wildman–Crippen LogP) is 1.00. The minimum atomic E-state index is -0.100. The standard InChI is InChI=1S/C10H11N3O/c1-7-5-8(10(14)11-2)13-4-3-12-9(13)6-7/h3-6H,1-2H3,(H,11,14). The molecule has 0 saturated heterocycles. The van der Waals surface area contributed by atoms with Gasteiger partial charge >= 0.3 is 0 Å². The highest BCUT2D eigenvalue weighted by Crippen LogP contribution is 2.09. The van der Waals surface area contributed by atoms with E-state index in [1.54, 1.807) is 23.8 Å². The van der Waals surface area contributed by atoms with E-state index in [0.717, 1.165) is 11.2 Å². The summed E-state index contributed by atoms with van der Waals surface area (Å²) in [6.07, 6.45) is 3.46. The third-order valence-electron chi connectivity index (χ3n) is 2.11. The van der Waals surface area contributed by atoms with Crippen LogP contribution in [0.4, 0.5) is 0 Å². The second-order valence-corrected chi connectivity index (χ2v) is 3.15. The highest BCUT2D eigenvalue weighted by molar-refractivity contribution is 5.93. The quantitative estimate of drug-likeness (QED) is 0.727. The summed E-state index contributed by atoms with van der Waals surface area (Å²) in [5, 5.41) is 2.60. The molecule has 4 heteroatoms. The summed E-state index contributed by atoms with van der Waals surface area (Å²) in [4.78, 5) is 15.7. The van der Waals surface area contributed by atoms with Crippen LogP contribution in [0.1, 0.15) is 16.1 Å². The maximum absolute atomic E-state index is 11.5. The summed E-state index contributed by atoms with van der Waals surface area (Å²) < 4.78 is 1.77. The van der Waals surface area contributed by atoms with E-state index in [2.05, 4.69) is 10.3 Å². The Morgan fingerprint density at radius 1 is 1.50 bits per heavy atom. The molecule has 2 aromatic rings. The highest BCUT2D eigenvalue weighted by Gasteiger charge is 2.08. The number of nitrogens with zero attached hydrogens (tertiary/aromatic N) is 2. The van der Waals surface area contributed by atoms with Crippen molar-refractivity contribution in [2.45, 2.75) is 6.92 Å². The zero-order valence-electron chi connectivity index (χ0n) is 8.11. The first-order chi connectivity index (χ1) is 6.72. The molecule has 0 saturated carbocycles. The van der Waals surface area contributed by atoms with E-state index in [1.807, 2.05) is 19.1 Å². The number of hydrogen-bond donors (Lipinski definition) is 1. The minimum Gasteiger partial charge on any atom is -0.354 e. The fourth-order valence-electron chi connectivity index (χ4n) is 1.46. The van der Waals surface area contributed by atoms with Gasteiger partial charge in [-0.2, -0.15) is 0 Å². The van der Waals surface area contributed by atoms with Gasteiger partial charge in [-0.25, -0.2) is 4.98 Å². The molecule has 0 spiro atoms. The molecule has 1 N–H and O–H groups in total. The number of aromatic nitrogens is 2. The molecule has 0 atom stereocenters. The van der Waals surface area contributed by atoms with E-state index in [9.17, 15) is 4.79 Å². The first kappa shape index (κ1) is 8.74. The molecule has 0 aliphatic heterocycles. The van der Waals surface area contributed by atoms with Gasteiger partial charge < -0.3 is 5.32 Å². The number of imidazole rings is 1. The van der Waals surface area contributed by atoms with Crippen LogP contribution in [-0.2, 0) is 0 Å². The fourth-order valence-corrected chi connectivity index (χ4v) is 1.46. The summed E-state index contributed by atoms with van der Waals surface area (Å²) in [6, 6.07) is 3.78. The van der Waals surface area contributed by atoms with Gasteiger partial charge in [-0.15, -0.1) is 0 Å². The van der Waals surface area contributed by atoms with E-state index >= 15 is 0 Å². The number of carbonyl (C=O) groups is 1. The number of rotatable bonds is 1. The first-order valence-corrected chi connectivity index (χ1v) is 4.38. The van der Waals surface area contributed by atoms with Gasteiger partial charge in [-0.05, 0) is 24.6 Å². The van der Waals surface area contributed by atoms with Crippen molar-refractivity contribution in [2.75, 3.05) is 7.05 Å². The Kier molecular flexibility index (Phi) is 1.96. The third kappa shape index (κ3) is 1.25. The number of hydrogen-bond acceptors (Lipinski definition) is 2. The van der Waals surface area contributed by atoms with Crippen molar-refractivity contribution in [3.8, 4) is 0 Å². The molecule has 14 heavy (non-hydrogen) atoms. The van der Waals surface area contributed by atoms with Crippen LogP contribution < -0.4 is 5.32 Å². The van der Waals surface area contributed by atoms with Crippen LogP contribution in [0.3, 0.4) is 0 Å². The van der Waals surface area contributed by atoms with Crippen molar-refractivity contribution in [2.24, 2.45) is 0 Å². The lowest BCUT2D eigenvalue weighted by Crippen LogP contribution is -2.20. The average molecular weight is 189 g/mol. The van der Waals surface area contributed by atoms with Crippen molar-refractivity contribution in [3.63, 3.8) is 0 Å². The maximum Gasteiger partial charge on any atom is 0.268 e. The molecule has 0 unspecified atom stereocenters. The van der Waals surface area contributed by atoms with Crippen LogP contribution in [0.5, 0.6) is 0 Å². The molecule has 4 nitrogen and oxygen atoms in total. The van der Waals surface area contributed by atoms with E-state index in [0.29, 0.717) is 5.69 Å². The van der Waals surface area contributed by atoms with Crippen molar-refractivity contribution in [3.05, 3.63) is 35.8 Å². The molecule has 0 aromatic carbocycles. The van der Waals surface area contributed by atoms with Crippen LogP contribution in [0.25, 0.3) is 5.65 Å². The third-order valence-corrected chi connectivity index (χ3v) is 2.11. The van der Waals surface area contributed by atoms with Crippen LogP contribution in [-0.4, -0.2) is 22.3 Å². The first-order valence-electron chi connectivity index (χ1n) is 4.38. The minimum absolute atomic E-state index is 0.100. The number of amides is 1. The van der Waals surface area contributed by atoms with Crippen molar-refractivity contribution >= 4 is 11.6 Å². The molecule has 2 heterocycles. The lowest BCUT2D eigenvalue weighted by atomic mass is 10.2. The van der Waals surface area contributed by atoms with Gasteiger partial charge in [-0.3, -0.25) is 9.20 Å². The Balaban J connectivity index is 2.72. The summed E-state index contributed by atoms with van der Waals surface area (Å²) in [7, 11) is 1.62. The van der Waals surface area contributed by atoms with Crippen LogP contribution in [0.15, 0.2) is 24.5 Å².